The number of carbonyl (C=O) groups excluding carboxylic acids is 2. The van der Waals surface area contributed by atoms with Crippen molar-refractivity contribution in [1.82, 2.24) is 19.9 Å². The molecular weight excluding hydrogens is 500 g/mol. The summed E-state index contributed by atoms with van der Waals surface area (Å²) in [5.41, 5.74) is 1.11. The minimum atomic E-state index is -0.821. The fraction of sp³-hybridized carbons (Fsp3) is 0.231. The van der Waals surface area contributed by atoms with Gasteiger partial charge in [0.1, 0.15) is 22.8 Å². The number of amides is 1. The second kappa shape index (κ2) is 10.4. The molecule has 1 unspecified atom stereocenters. The number of ether oxygens (including phenoxy) is 2. The Hall–Kier alpha value is -4.58. The first-order chi connectivity index (χ1) is 18.4. The van der Waals surface area contributed by atoms with E-state index >= 15 is 0 Å². The van der Waals surface area contributed by atoms with E-state index in [2.05, 4.69) is 20.3 Å². The van der Waals surface area contributed by atoms with E-state index in [1.54, 1.807) is 24.3 Å². The van der Waals surface area contributed by atoms with Crippen LogP contribution in [0.15, 0.2) is 48.7 Å². The van der Waals surface area contributed by atoms with Gasteiger partial charge in [0.2, 0.25) is 11.8 Å². The third kappa shape index (κ3) is 4.85. The molecule has 1 fully saturated rings. The van der Waals surface area contributed by atoms with E-state index in [1.807, 2.05) is 0 Å². The number of carbonyl (C=O) groups is 2. The predicted molar refractivity (Wildman–Crippen MR) is 133 cm³/mol. The van der Waals surface area contributed by atoms with Gasteiger partial charge < -0.3 is 29.8 Å². The number of benzene rings is 2. The molecule has 12 heteroatoms. The zero-order chi connectivity index (χ0) is 26.8. The van der Waals surface area contributed by atoms with Crippen LogP contribution in [0.25, 0.3) is 22.3 Å². The van der Waals surface area contributed by atoms with E-state index in [1.165, 1.54) is 24.3 Å². The third-order valence-corrected chi connectivity index (χ3v) is 6.20. The van der Waals surface area contributed by atoms with E-state index in [-0.39, 0.29) is 59.5 Å². The zero-order valence-electron chi connectivity index (χ0n) is 20.2. The molecule has 10 nitrogen and oxygen atoms in total. The van der Waals surface area contributed by atoms with Crippen molar-refractivity contribution >= 4 is 34.3 Å². The summed E-state index contributed by atoms with van der Waals surface area (Å²) in [4.78, 5) is 37.5. The molecule has 5 rings (SSSR count). The highest BCUT2D eigenvalue weighted by Gasteiger charge is 2.33. The summed E-state index contributed by atoms with van der Waals surface area (Å²) >= 11 is 0. The molecule has 38 heavy (non-hydrogen) atoms. The summed E-state index contributed by atoms with van der Waals surface area (Å²) in [5.74, 6) is -2.69. The number of halogens is 2. The maximum Gasteiger partial charge on any atom is 0.331 e. The van der Waals surface area contributed by atoms with E-state index in [4.69, 9.17) is 9.47 Å². The van der Waals surface area contributed by atoms with Gasteiger partial charge in [0, 0.05) is 18.4 Å². The number of hydrogen-bond acceptors (Lipinski definition) is 8. The van der Waals surface area contributed by atoms with Crippen LogP contribution in [0.5, 0.6) is 5.88 Å². The molecule has 1 aliphatic heterocycles. The van der Waals surface area contributed by atoms with Gasteiger partial charge in [-0.05, 0) is 29.8 Å². The Morgan fingerprint density at radius 3 is 2.63 bits per heavy atom. The molecule has 0 radical (unpaired) electrons. The van der Waals surface area contributed by atoms with Crippen molar-refractivity contribution in [2.24, 2.45) is 0 Å². The summed E-state index contributed by atoms with van der Waals surface area (Å²) in [6.07, 6.45) is 1.46. The zero-order valence-corrected chi connectivity index (χ0v) is 20.2. The van der Waals surface area contributed by atoms with Crippen molar-refractivity contribution in [3.8, 4) is 17.3 Å². The number of rotatable bonds is 6. The van der Waals surface area contributed by atoms with Gasteiger partial charge in [0.15, 0.2) is 11.9 Å². The minimum Gasteiger partial charge on any atom is -0.494 e. The lowest BCUT2D eigenvalue weighted by atomic mass is 10.1. The average Bonchev–Trinajstić information content (AvgIpc) is 3.30. The average molecular weight is 523 g/mol. The normalized spacial score (nSPS) is 15.4. The van der Waals surface area contributed by atoms with Crippen LogP contribution in [-0.4, -0.2) is 69.7 Å². The molecular formula is C26H23F2N5O5. The van der Waals surface area contributed by atoms with Crippen LogP contribution in [0.4, 0.5) is 20.3 Å². The number of anilines is 2. The number of methoxy groups -OCH3 is 1. The topological polar surface area (TPSA) is 130 Å². The Balaban J connectivity index is 1.38. The molecule has 4 aromatic rings. The van der Waals surface area contributed by atoms with Gasteiger partial charge >= 0.3 is 5.97 Å². The summed E-state index contributed by atoms with van der Waals surface area (Å²) < 4.78 is 38.9. The number of aromatic hydroxyl groups is 1. The highest BCUT2D eigenvalue weighted by Crippen LogP contribution is 2.34. The smallest absolute Gasteiger partial charge is 0.331 e. The van der Waals surface area contributed by atoms with Gasteiger partial charge in [0.05, 0.1) is 37.8 Å². The lowest BCUT2D eigenvalue weighted by Crippen LogP contribution is -2.53. The van der Waals surface area contributed by atoms with E-state index in [0.29, 0.717) is 17.9 Å². The van der Waals surface area contributed by atoms with Crippen molar-refractivity contribution < 1.29 is 33.0 Å². The Kier molecular flexibility index (Phi) is 6.88. The first kappa shape index (κ1) is 25.1. The first-order valence-corrected chi connectivity index (χ1v) is 11.7. The molecule has 2 aromatic heterocycles. The molecule has 0 aliphatic carbocycles. The molecule has 1 aliphatic rings. The second-order valence-corrected chi connectivity index (χ2v) is 8.59. The largest absolute Gasteiger partial charge is 0.494 e. The van der Waals surface area contributed by atoms with Crippen molar-refractivity contribution in [3.05, 3.63) is 65.9 Å². The van der Waals surface area contributed by atoms with Crippen molar-refractivity contribution in [2.75, 3.05) is 32.2 Å². The standard InChI is InChI=1S/C26H23F2N5O5/c1-37-26(36)19-13-38-10-9-33(19)20(34)11-14-5-7-15(8-6-14)30-24-22-18(12-29-25(22)35)31-23(32-24)21-16(27)3-2-4-17(21)28/h2-8,12,19,29,35H,9-11,13H2,1H3,(H,30,31,32). The number of nitrogens with zero attached hydrogens (tertiary/aromatic N) is 3. The number of morpholine rings is 1. The molecule has 0 spiro atoms. The minimum absolute atomic E-state index is 0.0564. The van der Waals surface area contributed by atoms with Crippen molar-refractivity contribution in [3.63, 3.8) is 0 Å². The summed E-state index contributed by atoms with van der Waals surface area (Å²) in [7, 11) is 1.26. The van der Waals surface area contributed by atoms with E-state index in [0.717, 1.165) is 12.1 Å². The van der Waals surface area contributed by atoms with E-state index in [9.17, 15) is 23.5 Å². The van der Waals surface area contributed by atoms with Gasteiger partial charge in [0.25, 0.3) is 0 Å². The summed E-state index contributed by atoms with van der Waals surface area (Å²) in [5, 5.41) is 13.6. The Morgan fingerprint density at radius 2 is 1.92 bits per heavy atom. The van der Waals surface area contributed by atoms with Crippen molar-refractivity contribution in [1.29, 1.82) is 0 Å². The van der Waals surface area contributed by atoms with Gasteiger partial charge in [-0.2, -0.15) is 0 Å². The molecule has 2 aromatic carbocycles. The molecule has 196 valence electrons. The lowest BCUT2D eigenvalue weighted by molar-refractivity contribution is -0.160. The number of fused-ring (bicyclic) bond motifs is 1. The molecule has 1 amide bonds. The van der Waals surface area contributed by atoms with Gasteiger partial charge in [-0.25, -0.2) is 23.5 Å². The predicted octanol–water partition coefficient (Wildman–Crippen LogP) is 3.30. The summed E-state index contributed by atoms with van der Waals surface area (Å²) in [6, 6.07) is 9.51. The Morgan fingerprint density at radius 1 is 1.18 bits per heavy atom. The monoisotopic (exact) mass is 523 g/mol. The van der Waals surface area contributed by atoms with E-state index < -0.39 is 23.6 Å². The molecule has 1 atom stereocenters. The number of nitrogens with one attached hydrogen (secondary N) is 2. The highest BCUT2D eigenvalue weighted by atomic mass is 19.1. The van der Waals surface area contributed by atoms with Gasteiger partial charge in [-0.15, -0.1) is 0 Å². The van der Waals surface area contributed by atoms with Crippen LogP contribution >= 0.6 is 0 Å². The quantitative estimate of drug-likeness (QED) is 0.329. The third-order valence-electron chi connectivity index (χ3n) is 6.20. The Labute approximate surface area is 215 Å². The van der Waals surface area contributed by atoms with Crippen LogP contribution in [-0.2, 0) is 25.5 Å². The van der Waals surface area contributed by atoms with Gasteiger partial charge in [-0.3, -0.25) is 4.79 Å². The molecule has 1 saturated heterocycles. The lowest BCUT2D eigenvalue weighted by Gasteiger charge is -2.33. The maximum absolute atomic E-state index is 14.4. The number of esters is 1. The molecule has 3 N–H and O–H groups in total. The molecule has 3 heterocycles. The number of aromatic amines is 1. The fourth-order valence-electron chi connectivity index (χ4n) is 4.29. The van der Waals surface area contributed by atoms with Crippen LogP contribution in [0.3, 0.4) is 0 Å². The molecule has 0 saturated carbocycles. The maximum atomic E-state index is 14.4. The highest BCUT2D eigenvalue weighted by molar-refractivity contribution is 5.96. The first-order valence-electron chi connectivity index (χ1n) is 11.7. The summed E-state index contributed by atoms with van der Waals surface area (Å²) in [6.45, 7) is 0.701. The number of H-pyrrole nitrogens is 1. The fourth-order valence-corrected chi connectivity index (χ4v) is 4.29. The number of hydrogen-bond donors (Lipinski definition) is 3. The SMILES string of the molecule is COC(=O)C1COCCN1C(=O)Cc1ccc(Nc2nc(-c3c(F)cccc3F)nc3c[nH]c(O)c23)cc1. The van der Waals surface area contributed by atoms with Gasteiger partial charge in [-0.1, -0.05) is 18.2 Å². The van der Waals surface area contributed by atoms with Crippen LogP contribution in [0.2, 0.25) is 0 Å². The number of aromatic nitrogens is 3. The van der Waals surface area contributed by atoms with Crippen molar-refractivity contribution in [2.45, 2.75) is 12.5 Å². The van der Waals surface area contributed by atoms with Crippen LogP contribution in [0.1, 0.15) is 5.56 Å². The second-order valence-electron chi connectivity index (χ2n) is 8.59. The van der Waals surface area contributed by atoms with Crippen LogP contribution < -0.4 is 5.32 Å². The Bertz CT molecular complexity index is 1490. The van der Waals surface area contributed by atoms with Crippen LogP contribution in [0, 0.1) is 11.6 Å². The molecule has 0 bridgehead atoms.